The van der Waals surface area contributed by atoms with E-state index in [2.05, 4.69) is 49.5 Å². The molecule has 1 heteroatoms. The van der Waals surface area contributed by atoms with E-state index in [4.69, 9.17) is 0 Å². The molecule has 0 radical (unpaired) electrons. The molecule has 0 aliphatic heterocycles. The summed E-state index contributed by atoms with van der Waals surface area (Å²) in [6.45, 7) is 5.83. The Balaban J connectivity index is 1.81. The molecule has 1 fully saturated rings. The first-order valence-corrected chi connectivity index (χ1v) is 8.61. The Morgan fingerprint density at radius 3 is 2.25 bits per heavy atom. The summed E-state index contributed by atoms with van der Waals surface area (Å²) in [5.74, 6) is 1.91. The second-order valence-electron chi connectivity index (χ2n) is 6.46. The summed E-state index contributed by atoms with van der Waals surface area (Å²) in [6.07, 6.45) is 9.63. The number of hydrogen-bond acceptors (Lipinski definition) is 1. The minimum Gasteiger partial charge on any atom is -0.310 e. The van der Waals surface area contributed by atoms with Crippen LogP contribution in [0.1, 0.15) is 70.4 Å². The van der Waals surface area contributed by atoms with Gasteiger partial charge in [-0.3, -0.25) is 0 Å². The molecule has 0 spiro atoms. The predicted molar refractivity (Wildman–Crippen MR) is 87.8 cm³/mol. The lowest BCUT2D eigenvalue weighted by molar-refractivity contribution is 0.255. The minimum absolute atomic E-state index is 0.546. The third kappa shape index (κ3) is 4.63. The monoisotopic (exact) mass is 273 g/mol. The lowest BCUT2D eigenvalue weighted by Gasteiger charge is -2.29. The topological polar surface area (TPSA) is 12.0 Å². The van der Waals surface area contributed by atoms with Crippen molar-refractivity contribution in [2.75, 3.05) is 6.54 Å². The predicted octanol–water partition coefficient (Wildman–Crippen LogP) is 5.33. The van der Waals surface area contributed by atoms with Crippen LogP contribution in [0.4, 0.5) is 0 Å². The van der Waals surface area contributed by atoms with Gasteiger partial charge in [0, 0.05) is 6.04 Å². The third-order valence-electron chi connectivity index (χ3n) is 4.98. The van der Waals surface area contributed by atoms with E-state index in [-0.39, 0.29) is 0 Å². The maximum absolute atomic E-state index is 3.84. The summed E-state index contributed by atoms with van der Waals surface area (Å²) in [7, 11) is 0. The molecule has 0 heterocycles. The number of benzene rings is 1. The maximum atomic E-state index is 3.84. The summed E-state index contributed by atoms with van der Waals surface area (Å²) >= 11 is 0. The summed E-state index contributed by atoms with van der Waals surface area (Å²) in [6, 6.07) is 11.5. The van der Waals surface area contributed by atoms with Gasteiger partial charge in [0.1, 0.15) is 0 Å². The average molecular weight is 273 g/mol. The Labute approximate surface area is 125 Å². The van der Waals surface area contributed by atoms with Crippen molar-refractivity contribution in [3.63, 3.8) is 0 Å². The van der Waals surface area contributed by atoms with E-state index in [1.165, 1.54) is 57.1 Å². The molecule has 0 bridgehead atoms. The van der Waals surface area contributed by atoms with Gasteiger partial charge in [-0.15, -0.1) is 0 Å². The second kappa shape index (κ2) is 8.46. The molecule has 1 saturated carbocycles. The fourth-order valence-corrected chi connectivity index (χ4v) is 3.51. The van der Waals surface area contributed by atoms with E-state index in [0.29, 0.717) is 6.04 Å². The zero-order chi connectivity index (χ0) is 14.2. The molecule has 1 aromatic carbocycles. The zero-order valence-corrected chi connectivity index (χ0v) is 13.3. The molecular weight excluding hydrogens is 242 g/mol. The van der Waals surface area contributed by atoms with Crippen LogP contribution in [-0.4, -0.2) is 6.54 Å². The summed E-state index contributed by atoms with van der Waals surface area (Å²) in [5, 5.41) is 3.84. The first-order chi connectivity index (χ1) is 9.83. The molecule has 1 N–H and O–H groups in total. The fourth-order valence-electron chi connectivity index (χ4n) is 3.51. The largest absolute Gasteiger partial charge is 0.310 e. The lowest BCUT2D eigenvalue weighted by atomic mass is 9.80. The van der Waals surface area contributed by atoms with E-state index in [0.717, 1.165) is 11.8 Å². The Hall–Kier alpha value is -0.820. The van der Waals surface area contributed by atoms with Gasteiger partial charge in [-0.05, 0) is 43.2 Å². The molecule has 0 saturated heterocycles. The maximum Gasteiger partial charge on any atom is 0.0320 e. The van der Waals surface area contributed by atoms with Gasteiger partial charge < -0.3 is 5.32 Å². The molecule has 1 aliphatic carbocycles. The molecular formula is C19H31N. The molecule has 112 valence electrons. The van der Waals surface area contributed by atoms with E-state index >= 15 is 0 Å². The van der Waals surface area contributed by atoms with Crippen molar-refractivity contribution in [1.29, 1.82) is 0 Å². The number of hydrogen-bond donors (Lipinski definition) is 1. The fraction of sp³-hybridized carbons (Fsp3) is 0.684. The lowest BCUT2D eigenvalue weighted by Crippen LogP contribution is -2.29. The van der Waals surface area contributed by atoms with Crippen molar-refractivity contribution < 1.29 is 0 Å². The smallest absolute Gasteiger partial charge is 0.0320 e. The SMILES string of the molecule is CCCC(NCC1CCC(CC)CC1)c1ccccc1. The van der Waals surface area contributed by atoms with E-state index in [1.807, 2.05) is 0 Å². The van der Waals surface area contributed by atoms with E-state index < -0.39 is 0 Å². The Morgan fingerprint density at radius 2 is 1.65 bits per heavy atom. The van der Waals surface area contributed by atoms with Crippen LogP contribution in [0.3, 0.4) is 0 Å². The Kier molecular flexibility index (Phi) is 6.59. The number of nitrogens with one attached hydrogen (secondary N) is 1. The summed E-state index contributed by atoms with van der Waals surface area (Å²) in [5.41, 5.74) is 1.46. The highest BCUT2D eigenvalue weighted by Crippen LogP contribution is 2.30. The van der Waals surface area contributed by atoms with Crippen molar-refractivity contribution >= 4 is 0 Å². The van der Waals surface area contributed by atoms with Gasteiger partial charge in [0.25, 0.3) is 0 Å². The van der Waals surface area contributed by atoms with Crippen molar-refractivity contribution in [1.82, 2.24) is 5.32 Å². The van der Waals surface area contributed by atoms with E-state index in [9.17, 15) is 0 Å². The van der Waals surface area contributed by atoms with Crippen LogP contribution in [0, 0.1) is 11.8 Å². The van der Waals surface area contributed by atoms with Gasteiger partial charge >= 0.3 is 0 Å². The Morgan fingerprint density at radius 1 is 1.00 bits per heavy atom. The van der Waals surface area contributed by atoms with Crippen molar-refractivity contribution in [3.05, 3.63) is 35.9 Å². The quantitative estimate of drug-likeness (QED) is 0.707. The highest BCUT2D eigenvalue weighted by Gasteiger charge is 2.20. The van der Waals surface area contributed by atoms with E-state index in [1.54, 1.807) is 0 Å². The van der Waals surface area contributed by atoms with Gasteiger partial charge in [-0.2, -0.15) is 0 Å². The minimum atomic E-state index is 0.546. The highest BCUT2D eigenvalue weighted by atomic mass is 14.9. The average Bonchev–Trinajstić information content (AvgIpc) is 2.53. The van der Waals surface area contributed by atoms with Crippen LogP contribution in [0.25, 0.3) is 0 Å². The summed E-state index contributed by atoms with van der Waals surface area (Å²) < 4.78 is 0. The van der Waals surface area contributed by atoms with Crippen LogP contribution in [0.15, 0.2) is 30.3 Å². The highest BCUT2D eigenvalue weighted by molar-refractivity contribution is 5.18. The molecule has 1 atom stereocenters. The van der Waals surface area contributed by atoms with Gasteiger partial charge in [0.15, 0.2) is 0 Å². The molecule has 1 aliphatic rings. The van der Waals surface area contributed by atoms with Crippen molar-refractivity contribution in [2.45, 2.75) is 64.8 Å². The standard InChI is InChI=1S/C19H31N/c1-3-8-19(18-9-6-5-7-10-18)20-15-17-13-11-16(4-2)12-14-17/h5-7,9-10,16-17,19-20H,3-4,8,11-15H2,1-2H3. The molecule has 1 aromatic rings. The van der Waals surface area contributed by atoms with Gasteiger partial charge in [-0.1, -0.05) is 69.9 Å². The van der Waals surface area contributed by atoms with Crippen molar-refractivity contribution in [2.24, 2.45) is 11.8 Å². The van der Waals surface area contributed by atoms with Crippen LogP contribution in [0.5, 0.6) is 0 Å². The van der Waals surface area contributed by atoms with Crippen LogP contribution >= 0.6 is 0 Å². The van der Waals surface area contributed by atoms with Crippen LogP contribution in [-0.2, 0) is 0 Å². The number of rotatable bonds is 7. The molecule has 0 amide bonds. The molecule has 2 rings (SSSR count). The molecule has 1 unspecified atom stereocenters. The normalized spacial score (nSPS) is 24.5. The first-order valence-electron chi connectivity index (χ1n) is 8.61. The van der Waals surface area contributed by atoms with Crippen LogP contribution in [0.2, 0.25) is 0 Å². The molecule has 20 heavy (non-hydrogen) atoms. The molecule has 0 aromatic heterocycles. The van der Waals surface area contributed by atoms with Crippen molar-refractivity contribution in [3.8, 4) is 0 Å². The molecule has 1 nitrogen and oxygen atoms in total. The third-order valence-corrected chi connectivity index (χ3v) is 4.98. The Bertz CT molecular complexity index is 351. The summed E-state index contributed by atoms with van der Waals surface area (Å²) in [4.78, 5) is 0. The van der Waals surface area contributed by atoms with Crippen LogP contribution < -0.4 is 5.32 Å². The van der Waals surface area contributed by atoms with Gasteiger partial charge in [0.05, 0.1) is 0 Å². The first kappa shape index (κ1) is 15.6. The van der Waals surface area contributed by atoms with Gasteiger partial charge in [0.2, 0.25) is 0 Å². The second-order valence-corrected chi connectivity index (χ2v) is 6.46. The van der Waals surface area contributed by atoms with Gasteiger partial charge in [-0.25, -0.2) is 0 Å². The zero-order valence-electron chi connectivity index (χ0n) is 13.3.